The molecule has 0 saturated carbocycles. The molecule has 0 aliphatic heterocycles. The topological polar surface area (TPSA) is 38.9 Å². The van der Waals surface area contributed by atoms with Gasteiger partial charge in [0.15, 0.2) is 0 Å². The standard InChI is InChI=1S/C11H14N2OS2/c1-3-6-15-8(2)11-12-10(13-14-11)9-5-4-7-16-9/h4-5,7-8H,3,6H2,1-2H3. The van der Waals surface area contributed by atoms with Crippen molar-refractivity contribution in [2.24, 2.45) is 0 Å². The summed E-state index contributed by atoms with van der Waals surface area (Å²) in [4.78, 5) is 5.48. The van der Waals surface area contributed by atoms with Crippen LogP contribution >= 0.6 is 23.1 Å². The maximum Gasteiger partial charge on any atom is 0.239 e. The molecule has 1 atom stereocenters. The van der Waals surface area contributed by atoms with Crippen molar-refractivity contribution in [1.82, 2.24) is 10.1 Å². The zero-order chi connectivity index (χ0) is 11.4. The highest BCUT2D eigenvalue weighted by Gasteiger charge is 2.15. The van der Waals surface area contributed by atoms with E-state index < -0.39 is 0 Å². The first-order valence-corrected chi connectivity index (χ1v) is 7.23. The minimum atomic E-state index is 0.279. The number of rotatable bonds is 5. The first-order chi connectivity index (χ1) is 7.81. The monoisotopic (exact) mass is 254 g/mol. The van der Waals surface area contributed by atoms with E-state index in [9.17, 15) is 0 Å². The van der Waals surface area contributed by atoms with Crippen molar-refractivity contribution in [3.05, 3.63) is 23.4 Å². The third-order valence-corrected chi connectivity index (χ3v) is 4.31. The van der Waals surface area contributed by atoms with Gasteiger partial charge in [-0.1, -0.05) is 18.1 Å². The number of hydrogen-bond acceptors (Lipinski definition) is 5. The maximum atomic E-state index is 5.27. The van der Waals surface area contributed by atoms with Gasteiger partial charge in [-0.2, -0.15) is 4.98 Å². The molecule has 5 heteroatoms. The second kappa shape index (κ2) is 5.50. The molecular formula is C11H14N2OS2. The van der Waals surface area contributed by atoms with Crippen LogP contribution in [0, 0.1) is 0 Å². The Bertz CT molecular complexity index is 425. The van der Waals surface area contributed by atoms with Crippen LogP contribution in [0.3, 0.4) is 0 Å². The molecule has 0 N–H and O–H groups in total. The summed E-state index contributed by atoms with van der Waals surface area (Å²) in [7, 11) is 0. The Morgan fingerprint density at radius 3 is 3.12 bits per heavy atom. The van der Waals surface area contributed by atoms with Crippen LogP contribution in [0.4, 0.5) is 0 Å². The molecular weight excluding hydrogens is 240 g/mol. The molecule has 2 rings (SSSR count). The van der Waals surface area contributed by atoms with Gasteiger partial charge < -0.3 is 4.52 Å². The third kappa shape index (κ3) is 2.65. The molecule has 0 fully saturated rings. The van der Waals surface area contributed by atoms with Gasteiger partial charge in [0.25, 0.3) is 0 Å². The van der Waals surface area contributed by atoms with Gasteiger partial charge in [0.05, 0.1) is 10.1 Å². The molecule has 0 aliphatic carbocycles. The van der Waals surface area contributed by atoms with Crippen molar-refractivity contribution in [3.63, 3.8) is 0 Å². The molecule has 0 aromatic carbocycles. The summed E-state index contributed by atoms with van der Waals surface area (Å²) in [5.41, 5.74) is 0. The van der Waals surface area contributed by atoms with Gasteiger partial charge in [0.1, 0.15) is 0 Å². The highest BCUT2D eigenvalue weighted by atomic mass is 32.2. The van der Waals surface area contributed by atoms with E-state index in [0.717, 1.165) is 16.5 Å². The lowest BCUT2D eigenvalue weighted by molar-refractivity contribution is 0.381. The van der Waals surface area contributed by atoms with Crippen molar-refractivity contribution in [1.29, 1.82) is 0 Å². The van der Waals surface area contributed by atoms with E-state index in [4.69, 9.17) is 4.52 Å². The number of nitrogens with zero attached hydrogens (tertiary/aromatic N) is 2. The maximum absolute atomic E-state index is 5.27. The molecule has 0 spiro atoms. The predicted molar refractivity (Wildman–Crippen MR) is 68.8 cm³/mol. The van der Waals surface area contributed by atoms with Crippen LogP contribution in [-0.2, 0) is 0 Å². The fraction of sp³-hybridized carbons (Fsp3) is 0.455. The lowest BCUT2D eigenvalue weighted by atomic mass is 10.4. The molecule has 0 amide bonds. The summed E-state index contributed by atoms with van der Waals surface area (Å²) in [5.74, 6) is 2.55. The minimum Gasteiger partial charge on any atom is -0.338 e. The first-order valence-electron chi connectivity index (χ1n) is 5.30. The number of hydrogen-bond donors (Lipinski definition) is 0. The van der Waals surface area contributed by atoms with Crippen molar-refractivity contribution in [2.75, 3.05) is 5.75 Å². The van der Waals surface area contributed by atoms with Crippen molar-refractivity contribution >= 4 is 23.1 Å². The molecule has 0 saturated heterocycles. The van der Waals surface area contributed by atoms with E-state index in [1.807, 2.05) is 29.3 Å². The second-order valence-corrected chi connectivity index (χ2v) is 5.84. The minimum absolute atomic E-state index is 0.279. The Labute approximate surface area is 103 Å². The van der Waals surface area contributed by atoms with E-state index in [0.29, 0.717) is 5.82 Å². The summed E-state index contributed by atoms with van der Waals surface area (Å²) in [5, 5.41) is 6.29. The molecule has 2 aromatic rings. The lowest BCUT2D eigenvalue weighted by Gasteiger charge is -2.03. The zero-order valence-electron chi connectivity index (χ0n) is 9.34. The third-order valence-electron chi connectivity index (χ3n) is 2.10. The van der Waals surface area contributed by atoms with E-state index in [2.05, 4.69) is 24.0 Å². The lowest BCUT2D eigenvalue weighted by Crippen LogP contribution is -1.89. The second-order valence-electron chi connectivity index (χ2n) is 3.45. The predicted octanol–water partition coefficient (Wildman–Crippen LogP) is 4.00. The summed E-state index contributed by atoms with van der Waals surface area (Å²) in [6.07, 6.45) is 1.17. The van der Waals surface area contributed by atoms with E-state index in [1.54, 1.807) is 11.3 Å². The summed E-state index contributed by atoms with van der Waals surface area (Å²) in [6, 6.07) is 3.99. The van der Waals surface area contributed by atoms with Crippen LogP contribution in [0.1, 0.15) is 31.4 Å². The van der Waals surface area contributed by atoms with Crippen LogP contribution in [-0.4, -0.2) is 15.9 Å². The van der Waals surface area contributed by atoms with Crippen LogP contribution in [0.15, 0.2) is 22.0 Å². The zero-order valence-corrected chi connectivity index (χ0v) is 11.0. The number of aromatic nitrogens is 2. The van der Waals surface area contributed by atoms with Crippen LogP contribution in [0.2, 0.25) is 0 Å². The first kappa shape index (κ1) is 11.7. The summed E-state index contributed by atoms with van der Waals surface area (Å²) in [6.45, 7) is 4.27. The fourth-order valence-electron chi connectivity index (χ4n) is 1.27. The molecule has 2 heterocycles. The highest BCUT2D eigenvalue weighted by Crippen LogP contribution is 2.29. The number of thiophene rings is 1. The van der Waals surface area contributed by atoms with Gasteiger partial charge in [-0.15, -0.1) is 23.1 Å². The fourth-order valence-corrected chi connectivity index (χ4v) is 2.75. The Hall–Kier alpha value is -0.810. The largest absolute Gasteiger partial charge is 0.338 e. The Kier molecular flexibility index (Phi) is 4.01. The average Bonchev–Trinajstić information content (AvgIpc) is 2.94. The molecule has 0 radical (unpaired) electrons. The van der Waals surface area contributed by atoms with Gasteiger partial charge in [-0.3, -0.25) is 0 Å². The van der Waals surface area contributed by atoms with Crippen molar-refractivity contribution in [2.45, 2.75) is 25.5 Å². The van der Waals surface area contributed by atoms with E-state index in [-0.39, 0.29) is 5.25 Å². The van der Waals surface area contributed by atoms with Gasteiger partial charge in [-0.25, -0.2) is 0 Å². The van der Waals surface area contributed by atoms with Gasteiger partial charge >= 0.3 is 0 Å². The van der Waals surface area contributed by atoms with Crippen LogP contribution in [0.5, 0.6) is 0 Å². The van der Waals surface area contributed by atoms with E-state index in [1.165, 1.54) is 6.42 Å². The smallest absolute Gasteiger partial charge is 0.239 e. The van der Waals surface area contributed by atoms with Crippen molar-refractivity contribution in [3.8, 4) is 10.7 Å². The van der Waals surface area contributed by atoms with Gasteiger partial charge in [-0.05, 0) is 30.5 Å². The molecule has 1 unspecified atom stereocenters. The van der Waals surface area contributed by atoms with E-state index >= 15 is 0 Å². The molecule has 0 aliphatic rings. The highest BCUT2D eigenvalue weighted by molar-refractivity contribution is 7.99. The summed E-state index contributed by atoms with van der Waals surface area (Å²) < 4.78 is 5.27. The molecule has 2 aromatic heterocycles. The Balaban J connectivity index is 2.07. The van der Waals surface area contributed by atoms with Gasteiger partial charge in [0.2, 0.25) is 11.7 Å². The Morgan fingerprint density at radius 1 is 1.56 bits per heavy atom. The SMILES string of the molecule is CCCSC(C)c1nc(-c2cccs2)no1. The average molecular weight is 254 g/mol. The molecule has 0 bridgehead atoms. The quantitative estimate of drug-likeness (QED) is 0.808. The molecule has 3 nitrogen and oxygen atoms in total. The van der Waals surface area contributed by atoms with Crippen LogP contribution < -0.4 is 0 Å². The van der Waals surface area contributed by atoms with Crippen LogP contribution in [0.25, 0.3) is 10.7 Å². The Morgan fingerprint density at radius 2 is 2.44 bits per heavy atom. The van der Waals surface area contributed by atoms with Gasteiger partial charge in [0, 0.05) is 0 Å². The normalized spacial score (nSPS) is 12.9. The summed E-state index contributed by atoms with van der Waals surface area (Å²) >= 11 is 3.47. The molecule has 86 valence electrons. The molecule has 16 heavy (non-hydrogen) atoms. The number of thioether (sulfide) groups is 1. The van der Waals surface area contributed by atoms with Crippen molar-refractivity contribution < 1.29 is 4.52 Å².